The van der Waals surface area contributed by atoms with Crippen LogP contribution in [-0.2, 0) is 6.42 Å². The molecule has 5 nitrogen and oxygen atoms in total. The van der Waals surface area contributed by atoms with Crippen LogP contribution in [0.1, 0.15) is 17.4 Å². The summed E-state index contributed by atoms with van der Waals surface area (Å²) in [4.78, 5) is 12.4. The van der Waals surface area contributed by atoms with E-state index in [1.165, 1.54) is 17.8 Å². The van der Waals surface area contributed by atoms with Crippen LogP contribution in [0.15, 0.2) is 80.8 Å². The van der Waals surface area contributed by atoms with Crippen molar-refractivity contribution in [2.45, 2.75) is 17.4 Å². The van der Waals surface area contributed by atoms with Crippen molar-refractivity contribution in [2.75, 3.05) is 5.75 Å². The van der Waals surface area contributed by atoms with E-state index in [4.69, 9.17) is 9.15 Å². The Morgan fingerprint density at radius 2 is 1.78 bits per heavy atom. The molecular weight excluding hydrogens is 362 g/mol. The Kier molecular flexibility index (Phi) is 6.18. The van der Waals surface area contributed by atoms with Crippen molar-refractivity contribution in [1.82, 2.24) is 0 Å². The zero-order chi connectivity index (χ0) is 19.1. The van der Waals surface area contributed by atoms with Crippen LogP contribution < -0.4 is 10.4 Å². The number of thioether (sulfide) groups is 1. The van der Waals surface area contributed by atoms with Gasteiger partial charge in [0, 0.05) is 11.8 Å². The molecule has 1 aromatic heterocycles. The lowest BCUT2D eigenvalue weighted by molar-refractivity contribution is 0.218. The van der Waals surface area contributed by atoms with Crippen molar-refractivity contribution in [1.29, 1.82) is 5.26 Å². The molecule has 0 aliphatic rings. The number of benzene rings is 2. The van der Waals surface area contributed by atoms with Gasteiger partial charge in [-0.05, 0) is 24.1 Å². The highest BCUT2D eigenvalue weighted by atomic mass is 32.2. The summed E-state index contributed by atoms with van der Waals surface area (Å²) in [6.07, 6.45) is -0.376. The van der Waals surface area contributed by atoms with Gasteiger partial charge in [0.2, 0.25) is 6.10 Å². The summed E-state index contributed by atoms with van der Waals surface area (Å²) < 4.78 is 10.8. The SMILES string of the molecule is N#CC(Oc1ccccc1)c1cc(O)c(SCCc2ccccc2)c(=O)o1. The van der Waals surface area contributed by atoms with Gasteiger partial charge >= 0.3 is 5.63 Å². The predicted molar refractivity (Wildman–Crippen MR) is 103 cm³/mol. The summed E-state index contributed by atoms with van der Waals surface area (Å²) >= 11 is 1.22. The smallest absolute Gasteiger partial charge is 0.353 e. The van der Waals surface area contributed by atoms with Crippen LogP contribution in [0.3, 0.4) is 0 Å². The van der Waals surface area contributed by atoms with Gasteiger partial charge in [-0.2, -0.15) is 5.26 Å². The number of nitrogens with zero attached hydrogens (tertiary/aromatic N) is 1. The summed E-state index contributed by atoms with van der Waals surface area (Å²) in [5.74, 6) is 0.837. The second-order valence-electron chi connectivity index (χ2n) is 5.67. The number of aryl methyl sites for hydroxylation is 1. The van der Waals surface area contributed by atoms with Gasteiger partial charge in [0.25, 0.3) is 0 Å². The normalized spacial score (nSPS) is 11.5. The third-order valence-corrected chi connectivity index (χ3v) is 4.83. The number of hydrogen-bond acceptors (Lipinski definition) is 6. The van der Waals surface area contributed by atoms with E-state index in [9.17, 15) is 15.2 Å². The van der Waals surface area contributed by atoms with E-state index in [-0.39, 0.29) is 16.4 Å². The fourth-order valence-corrected chi connectivity index (χ4v) is 3.36. The third-order valence-electron chi connectivity index (χ3n) is 3.76. The maximum Gasteiger partial charge on any atom is 0.353 e. The first kappa shape index (κ1) is 18.6. The highest BCUT2D eigenvalue weighted by molar-refractivity contribution is 7.99. The number of nitriles is 1. The molecule has 1 N–H and O–H groups in total. The fraction of sp³-hybridized carbons (Fsp3) is 0.143. The summed E-state index contributed by atoms with van der Waals surface area (Å²) in [6.45, 7) is 0. The molecule has 3 aromatic rings. The monoisotopic (exact) mass is 379 g/mol. The van der Waals surface area contributed by atoms with Crippen molar-refractivity contribution < 1.29 is 14.3 Å². The van der Waals surface area contributed by atoms with Gasteiger partial charge in [-0.1, -0.05) is 48.5 Å². The lowest BCUT2D eigenvalue weighted by Gasteiger charge is -2.12. The first-order valence-electron chi connectivity index (χ1n) is 8.32. The van der Waals surface area contributed by atoms with Gasteiger partial charge in [-0.3, -0.25) is 0 Å². The molecule has 0 saturated heterocycles. The molecule has 136 valence electrons. The van der Waals surface area contributed by atoms with Crippen molar-refractivity contribution in [2.24, 2.45) is 0 Å². The van der Waals surface area contributed by atoms with Crippen LogP contribution >= 0.6 is 11.8 Å². The maximum atomic E-state index is 12.3. The molecule has 1 unspecified atom stereocenters. The largest absolute Gasteiger partial charge is 0.506 e. The number of ether oxygens (including phenoxy) is 1. The molecule has 2 aromatic carbocycles. The molecule has 27 heavy (non-hydrogen) atoms. The molecule has 6 heteroatoms. The Morgan fingerprint density at radius 3 is 2.41 bits per heavy atom. The van der Waals surface area contributed by atoms with E-state index >= 15 is 0 Å². The van der Waals surface area contributed by atoms with E-state index in [1.807, 2.05) is 42.5 Å². The third kappa shape index (κ3) is 4.93. The number of para-hydroxylation sites is 1. The molecule has 0 saturated carbocycles. The van der Waals surface area contributed by atoms with Crippen LogP contribution in [0.25, 0.3) is 0 Å². The minimum atomic E-state index is -1.13. The Labute approximate surface area is 160 Å². The van der Waals surface area contributed by atoms with Crippen LogP contribution in [0, 0.1) is 11.3 Å². The molecule has 0 aliphatic heterocycles. The highest BCUT2D eigenvalue weighted by Crippen LogP contribution is 2.29. The van der Waals surface area contributed by atoms with Crippen LogP contribution in [0.5, 0.6) is 11.5 Å². The first-order valence-corrected chi connectivity index (χ1v) is 9.31. The van der Waals surface area contributed by atoms with E-state index in [1.54, 1.807) is 24.3 Å². The van der Waals surface area contributed by atoms with E-state index in [2.05, 4.69) is 0 Å². The zero-order valence-electron chi connectivity index (χ0n) is 14.4. The summed E-state index contributed by atoms with van der Waals surface area (Å²) in [5, 5.41) is 19.6. The lowest BCUT2D eigenvalue weighted by Crippen LogP contribution is -2.11. The van der Waals surface area contributed by atoms with Gasteiger partial charge in [-0.15, -0.1) is 11.8 Å². The molecule has 0 amide bonds. The van der Waals surface area contributed by atoms with E-state index in [0.29, 0.717) is 11.5 Å². The number of hydrogen-bond donors (Lipinski definition) is 1. The van der Waals surface area contributed by atoms with Gasteiger partial charge in [0.1, 0.15) is 22.5 Å². The van der Waals surface area contributed by atoms with Gasteiger partial charge in [0.15, 0.2) is 5.76 Å². The predicted octanol–water partition coefficient (Wildman–Crippen LogP) is 4.32. The Hall–Kier alpha value is -3.17. The molecule has 0 fully saturated rings. The molecule has 3 rings (SSSR count). The lowest BCUT2D eigenvalue weighted by atomic mass is 10.2. The summed E-state index contributed by atoms with van der Waals surface area (Å²) in [6, 6.07) is 21.8. The number of aromatic hydroxyl groups is 1. The minimum Gasteiger partial charge on any atom is -0.506 e. The van der Waals surface area contributed by atoms with E-state index < -0.39 is 11.7 Å². The van der Waals surface area contributed by atoms with E-state index in [0.717, 1.165) is 12.0 Å². The van der Waals surface area contributed by atoms with Crippen molar-refractivity contribution in [3.8, 4) is 17.6 Å². The fourth-order valence-electron chi connectivity index (χ4n) is 2.45. The van der Waals surface area contributed by atoms with Crippen LogP contribution in [-0.4, -0.2) is 10.9 Å². The topological polar surface area (TPSA) is 83.5 Å². The van der Waals surface area contributed by atoms with Crippen molar-refractivity contribution in [3.05, 3.63) is 88.5 Å². The van der Waals surface area contributed by atoms with Crippen LogP contribution in [0.4, 0.5) is 0 Å². The highest BCUT2D eigenvalue weighted by Gasteiger charge is 2.20. The Bertz CT molecular complexity index is 981. The summed E-state index contributed by atoms with van der Waals surface area (Å²) in [7, 11) is 0. The van der Waals surface area contributed by atoms with Crippen molar-refractivity contribution in [3.63, 3.8) is 0 Å². The van der Waals surface area contributed by atoms with Crippen molar-refractivity contribution >= 4 is 11.8 Å². The quantitative estimate of drug-likeness (QED) is 0.616. The number of rotatable bonds is 7. The Balaban J connectivity index is 1.72. The van der Waals surface area contributed by atoms with Crippen LogP contribution in [0.2, 0.25) is 0 Å². The molecule has 1 atom stereocenters. The minimum absolute atomic E-state index is 0.0312. The standard InChI is InChI=1S/C21H17NO4S/c22-14-19(25-16-9-5-2-6-10-16)18-13-17(23)20(21(24)26-18)27-12-11-15-7-3-1-4-8-15/h1-10,13,19,23H,11-12H2. The molecule has 0 aliphatic carbocycles. The molecular formula is C21H17NO4S. The first-order chi connectivity index (χ1) is 13.2. The average molecular weight is 379 g/mol. The second-order valence-corrected chi connectivity index (χ2v) is 6.78. The van der Waals surface area contributed by atoms with Gasteiger partial charge in [-0.25, -0.2) is 4.79 Å². The average Bonchev–Trinajstić information content (AvgIpc) is 2.69. The second kappa shape index (κ2) is 8.97. The zero-order valence-corrected chi connectivity index (χ0v) is 15.2. The van der Waals surface area contributed by atoms with Gasteiger partial charge in [0.05, 0.1) is 0 Å². The molecule has 0 spiro atoms. The van der Waals surface area contributed by atoms with Gasteiger partial charge < -0.3 is 14.3 Å². The maximum absolute atomic E-state index is 12.3. The Morgan fingerprint density at radius 1 is 1.11 bits per heavy atom. The molecule has 1 heterocycles. The molecule has 0 bridgehead atoms. The summed E-state index contributed by atoms with van der Waals surface area (Å²) in [5.41, 5.74) is 0.464. The molecule has 0 radical (unpaired) electrons.